The highest BCUT2D eigenvalue weighted by Crippen LogP contribution is 2.60. The van der Waals surface area contributed by atoms with Crippen LogP contribution in [0.2, 0.25) is 0 Å². The highest BCUT2D eigenvalue weighted by Gasteiger charge is 2.70. The van der Waals surface area contributed by atoms with Crippen LogP contribution in [0, 0.1) is 29.6 Å². The Morgan fingerprint density at radius 3 is 2.50 bits per heavy atom. The number of rotatable bonds is 6. The average molecular weight is 338 g/mol. The van der Waals surface area contributed by atoms with Gasteiger partial charge in [-0.05, 0) is 19.3 Å². The molecular formula is C16H18O8. The van der Waals surface area contributed by atoms with E-state index >= 15 is 0 Å². The van der Waals surface area contributed by atoms with Crippen molar-refractivity contribution < 1.29 is 38.5 Å². The van der Waals surface area contributed by atoms with Crippen LogP contribution < -0.4 is 0 Å². The van der Waals surface area contributed by atoms with E-state index in [1.165, 1.54) is 6.92 Å². The molecule has 1 aliphatic heterocycles. The highest BCUT2D eigenvalue weighted by atomic mass is 16.6. The first kappa shape index (κ1) is 16.5. The molecule has 130 valence electrons. The summed E-state index contributed by atoms with van der Waals surface area (Å²) in [6.45, 7) is 4.64. The molecule has 3 aliphatic rings. The minimum atomic E-state index is -1.06. The van der Waals surface area contributed by atoms with Crippen LogP contribution in [0.25, 0.3) is 0 Å². The summed E-state index contributed by atoms with van der Waals surface area (Å²) in [7, 11) is 0. The van der Waals surface area contributed by atoms with Gasteiger partial charge in [-0.1, -0.05) is 6.58 Å². The normalized spacial score (nSPS) is 35.5. The Kier molecular flexibility index (Phi) is 4.06. The summed E-state index contributed by atoms with van der Waals surface area (Å²) in [4.78, 5) is 47.0. The Bertz CT molecular complexity index is 624. The van der Waals surface area contributed by atoms with E-state index in [9.17, 15) is 24.3 Å². The fourth-order valence-corrected chi connectivity index (χ4v) is 4.19. The second-order valence-corrected chi connectivity index (χ2v) is 6.46. The Labute approximate surface area is 137 Å². The van der Waals surface area contributed by atoms with Crippen molar-refractivity contribution in [2.45, 2.75) is 19.4 Å². The minimum Gasteiger partial charge on any atom is -0.481 e. The summed E-state index contributed by atoms with van der Waals surface area (Å²) in [6.07, 6.45) is -0.159. The lowest BCUT2D eigenvalue weighted by atomic mass is 9.74. The van der Waals surface area contributed by atoms with Crippen molar-refractivity contribution >= 4 is 23.9 Å². The van der Waals surface area contributed by atoms with Crippen molar-refractivity contribution in [2.24, 2.45) is 29.6 Å². The summed E-state index contributed by atoms with van der Waals surface area (Å²) in [5.41, 5.74) is 0.235. The molecule has 0 aromatic carbocycles. The summed E-state index contributed by atoms with van der Waals surface area (Å²) in [5, 5.41) is 9.36. The molecule has 6 unspecified atom stereocenters. The summed E-state index contributed by atoms with van der Waals surface area (Å²) in [5.74, 6) is -5.79. The smallest absolute Gasteiger partial charge is 0.333 e. The van der Waals surface area contributed by atoms with E-state index in [0.717, 1.165) is 0 Å². The lowest BCUT2D eigenvalue weighted by molar-refractivity contribution is -0.160. The van der Waals surface area contributed by atoms with E-state index in [1.54, 1.807) is 0 Å². The standard InChI is InChI=1S/C16H18O8/c1-6(2)14(19)22-3-4-23-15(20)9-7-5-8-10(9)16(21)24-12(8)11(7)13(17)18/h7-12H,1,3-5H2,2H3,(H,17,18). The van der Waals surface area contributed by atoms with E-state index < -0.39 is 53.7 Å². The van der Waals surface area contributed by atoms with Crippen LogP contribution in [-0.4, -0.2) is 48.3 Å². The molecule has 3 fully saturated rings. The number of aliphatic carboxylic acids is 1. The molecule has 8 heteroatoms. The van der Waals surface area contributed by atoms with Crippen LogP contribution in [0.3, 0.4) is 0 Å². The quantitative estimate of drug-likeness (QED) is 0.315. The van der Waals surface area contributed by atoms with Crippen molar-refractivity contribution in [2.75, 3.05) is 13.2 Å². The fourth-order valence-electron chi connectivity index (χ4n) is 4.19. The summed E-state index contributed by atoms with van der Waals surface area (Å²) in [6, 6.07) is 0. The van der Waals surface area contributed by atoms with E-state index in [4.69, 9.17) is 14.2 Å². The van der Waals surface area contributed by atoms with Crippen LogP contribution in [-0.2, 0) is 33.4 Å². The molecule has 8 nitrogen and oxygen atoms in total. The number of carboxylic acid groups (broad SMARTS) is 1. The molecular weight excluding hydrogens is 320 g/mol. The van der Waals surface area contributed by atoms with Crippen LogP contribution >= 0.6 is 0 Å². The third kappa shape index (κ3) is 2.46. The number of hydrogen-bond donors (Lipinski definition) is 1. The molecule has 0 spiro atoms. The maximum atomic E-state index is 12.3. The Hall–Kier alpha value is -2.38. The van der Waals surface area contributed by atoms with Gasteiger partial charge in [-0.15, -0.1) is 0 Å². The molecule has 3 rings (SSSR count). The monoisotopic (exact) mass is 338 g/mol. The number of fused-ring (bicyclic) bond motifs is 1. The maximum Gasteiger partial charge on any atom is 0.333 e. The van der Waals surface area contributed by atoms with E-state index in [-0.39, 0.29) is 24.7 Å². The number of carboxylic acids is 1. The molecule has 1 N–H and O–H groups in total. The Morgan fingerprint density at radius 1 is 1.21 bits per heavy atom. The zero-order valence-electron chi connectivity index (χ0n) is 13.1. The first-order valence-electron chi connectivity index (χ1n) is 7.75. The predicted octanol–water partition coefficient (Wildman–Crippen LogP) is 0.157. The number of hydrogen-bond acceptors (Lipinski definition) is 7. The second kappa shape index (κ2) is 5.92. The molecule has 0 aromatic rings. The van der Waals surface area contributed by atoms with Crippen molar-refractivity contribution in [3.8, 4) is 0 Å². The third-order valence-electron chi connectivity index (χ3n) is 5.08. The first-order valence-corrected chi connectivity index (χ1v) is 7.75. The van der Waals surface area contributed by atoms with Crippen LogP contribution in [0.4, 0.5) is 0 Å². The number of ether oxygens (including phenoxy) is 3. The SMILES string of the molecule is C=C(C)C(=O)OCCOC(=O)C1C2CC3C(OC(=O)C31)C2C(=O)O. The van der Waals surface area contributed by atoms with Crippen molar-refractivity contribution in [1.29, 1.82) is 0 Å². The van der Waals surface area contributed by atoms with Crippen LogP contribution in [0.5, 0.6) is 0 Å². The largest absolute Gasteiger partial charge is 0.481 e. The molecule has 24 heavy (non-hydrogen) atoms. The van der Waals surface area contributed by atoms with Gasteiger partial charge >= 0.3 is 23.9 Å². The molecule has 2 saturated carbocycles. The highest BCUT2D eigenvalue weighted by molar-refractivity contribution is 5.88. The lowest BCUT2D eigenvalue weighted by Gasteiger charge is -2.27. The Morgan fingerprint density at radius 2 is 1.88 bits per heavy atom. The topological polar surface area (TPSA) is 116 Å². The molecule has 1 heterocycles. The molecule has 0 amide bonds. The van der Waals surface area contributed by atoms with Gasteiger partial charge in [0.15, 0.2) is 0 Å². The first-order chi connectivity index (χ1) is 11.3. The van der Waals surface area contributed by atoms with Gasteiger partial charge in [0.2, 0.25) is 0 Å². The van der Waals surface area contributed by atoms with Crippen molar-refractivity contribution in [3.63, 3.8) is 0 Å². The zero-order valence-corrected chi connectivity index (χ0v) is 13.1. The van der Waals surface area contributed by atoms with Gasteiger partial charge in [-0.3, -0.25) is 14.4 Å². The Balaban J connectivity index is 1.61. The van der Waals surface area contributed by atoms with Crippen molar-refractivity contribution in [1.82, 2.24) is 0 Å². The number of esters is 3. The molecule has 2 bridgehead atoms. The van der Waals surface area contributed by atoms with Crippen LogP contribution in [0.1, 0.15) is 13.3 Å². The van der Waals surface area contributed by atoms with Gasteiger partial charge in [0.05, 0.1) is 17.8 Å². The van der Waals surface area contributed by atoms with Crippen LogP contribution in [0.15, 0.2) is 12.2 Å². The van der Waals surface area contributed by atoms with Gasteiger partial charge < -0.3 is 19.3 Å². The van der Waals surface area contributed by atoms with Gasteiger partial charge in [-0.2, -0.15) is 0 Å². The number of carbonyl (C=O) groups is 4. The van der Waals surface area contributed by atoms with Gasteiger partial charge in [0.25, 0.3) is 0 Å². The molecule has 1 saturated heterocycles. The van der Waals surface area contributed by atoms with Gasteiger partial charge in [0.1, 0.15) is 19.3 Å². The summed E-state index contributed by atoms with van der Waals surface area (Å²) >= 11 is 0. The van der Waals surface area contributed by atoms with E-state index in [1.807, 2.05) is 0 Å². The molecule has 0 aromatic heterocycles. The fraction of sp³-hybridized carbons (Fsp3) is 0.625. The minimum absolute atomic E-state index is 0.127. The van der Waals surface area contributed by atoms with E-state index in [0.29, 0.717) is 6.42 Å². The second-order valence-electron chi connectivity index (χ2n) is 6.46. The molecule has 2 aliphatic carbocycles. The predicted molar refractivity (Wildman–Crippen MR) is 76.3 cm³/mol. The van der Waals surface area contributed by atoms with E-state index in [2.05, 4.69) is 6.58 Å². The third-order valence-corrected chi connectivity index (χ3v) is 5.08. The maximum absolute atomic E-state index is 12.3. The average Bonchev–Trinajstić information content (AvgIpc) is 3.11. The number of carbonyl (C=O) groups excluding carboxylic acids is 3. The van der Waals surface area contributed by atoms with Gasteiger partial charge in [-0.25, -0.2) is 4.79 Å². The van der Waals surface area contributed by atoms with Crippen molar-refractivity contribution in [3.05, 3.63) is 12.2 Å². The van der Waals surface area contributed by atoms with Gasteiger partial charge in [0, 0.05) is 11.5 Å². The lowest BCUT2D eigenvalue weighted by Crippen LogP contribution is -2.41. The molecule has 6 atom stereocenters. The zero-order chi connectivity index (χ0) is 17.6. The molecule has 0 radical (unpaired) electrons. The summed E-state index contributed by atoms with van der Waals surface area (Å²) < 4.78 is 15.1.